The molecule has 0 saturated heterocycles. The molecule has 3 rings (SSSR count). The molecule has 0 aliphatic rings. The molecule has 0 unspecified atom stereocenters. The van der Waals surface area contributed by atoms with Crippen LogP contribution in [-0.4, -0.2) is 30.1 Å². The lowest BCUT2D eigenvalue weighted by molar-refractivity contribution is 0.102. The number of benzene rings is 2. The fraction of sp³-hybridized carbons (Fsp3) is 0.143. The number of amides is 1. The first-order chi connectivity index (χ1) is 14.1. The van der Waals surface area contributed by atoms with Crippen molar-refractivity contribution in [1.29, 1.82) is 5.26 Å². The molecule has 8 nitrogen and oxygen atoms in total. The molecule has 0 aliphatic heterocycles. The van der Waals surface area contributed by atoms with E-state index in [4.69, 9.17) is 14.7 Å². The number of anilines is 2. The summed E-state index contributed by atoms with van der Waals surface area (Å²) in [5.74, 6) is 1.35. The molecule has 0 bridgehead atoms. The number of nitrogens with zero attached hydrogens (tertiary/aromatic N) is 3. The van der Waals surface area contributed by atoms with E-state index in [0.29, 0.717) is 35.1 Å². The molecule has 1 aromatic heterocycles. The first kappa shape index (κ1) is 19.6. The standard InChI is InChI=1S/C21H19N5O3/c1-28-18-8-7-14(9-19(18)29-2)12-23-20-10-17(24-13-25-20)21(27)26-16-6-4-3-5-15(16)11-22/h3-10,13H,12H2,1-2H3,(H,26,27)(H,23,24,25). The molecular weight excluding hydrogens is 370 g/mol. The molecule has 3 aromatic rings. The van der Waals surface area contributed by atoms with Gasteiger partial charge < -0.3 is 20.1 Å². The Morgan fingerprint density at radius 2 is 1.86 bits per heavy atom. The van der Waals surface area contributed by atoms with E-state index >= 15 is 0 Å². The maximum absolute atomic E-state index is 12.5. The molecule has 0 atom stereocenters. The molecule has 0 spiro atoms. The number of carbonyl (C=O) groups is 1. The minimum absolute atomic E-state index is 0.183. The van der Waals surface area contributed by atoms with Crippen LogP contribution >= 0.6 is 0 Å². The van der Waals surface area contributed by atoms with Crippen molar-refractivity contribution in [3.63, 3.8) is 0 Å². The van der Waals surface area contributed by atoms with E-state index in [1.807, 2.05) is 24.3 Å². The normalized spacial score (nSPS) is 9.97. The number of carbonyl (C=O) groups excluding carboxylic acids is 1. The van der Waals surface area contributed by atoms with Gasteiger partial charge in [-0.25, -0.2) is 9.97 Å². The van der Waals surface area contributed by atoms with Crippen molar-refractivity contribution in [2.75, 3.05) is 24.9 Å². The van der Waals surface area contributed by atoms with Crippen LogP contribution in [0.25, 0.3) is 0 Å². The molecule has 0 fully saturated rings. The van der Waals surface area contributed by atoms with Crippen LogP contribution in [-0.2, 0) is 6.54 Å². The summed E-state index contributed by atoms with van der Waals surface area (Å²) in [6.45, 7) is 0.468. The zero-order chi connectivity index (χ0) is 20.6. The summed E-state index contributed by atoms with van der Waals surface area (Å²) in [6, 6.07) is 15.9. The number of nitriles is 1. The van der Waals surface area contributed by atoms with Gasteiger partial charge in [0.2, 0.25) is 0 Å². The average molecular weight is 389 g/mol. The summed E-state index contributed by atoms with van der Waals surface area (Å²) < 4.78 is 10.5. The number of ether oxygens (including phenoxy) is 2. The molecule has 0 aliphatic carbocycles. The number of aromatic nitrogens is 2. The first-order valence-corrected chi connectivity index (χ1v) is 8.72. The van der Waals surface area contributed by atoms with E-state index in [1.54, 1.807) is 44.6 Å². The fourth-order valence-electron chi connectivity index (χ4n) is 2.64. The maximum Gasteiger partial charge on any atom is 0.274 e. The Hall–Kier alpha value is -4.12. The van der Waals surface area contributed by atoms with Crippen molar-refractivity contribution in [2.45, 2.75) is 6.54 Å². The third kappa shape index (κ3) is 4.78. The Balaban J connectivity index is 1.69. The van der Waals surface area contributed by atoms with Gasteiger partial charge in [-0.15, -0.1) is 0 Å². The molecule has 29 heavy (non-hydrogen) atoms. The highest BCUT2D eigenvalue weighted by Crippen LogP contribution is 2.27. The van der Waals surface area contributed by atoms with Crippen molar-refractivity contribution in [2.24, 2.45) is 0 Å². The van der Waals surface area contributed by atoms with E-state index in [-0.39, 0.29) is 5.69 Å². The van der Waals surface area contributed by atoms with E-state index in [1.165, 1.54) is 6.33 Å². The van der Waals surface area contributed by atoms with Crippen molar-refractivity contribution in [3.05, 3.63) is 71.7 Å². The van der Waals surface area contributed by atoms with E-state index in [0.717, 1.165) is 5.56 Å². The minimum Gasteiger partial charge on any atom is -0.493 e. The quantitative estimate of drug-likeness (QED) is 0.638. The largest absolute Gasteiger partial charge is 0.493 e. The third-order valence-electron chi connectivity index (χ3n) is 4.12. The van der Waals surface area contributed by atoms with Gasteiger partial charge >= 0.3 is 0 Å². The third-order valence-corrected chi connectivity index (χ3v) is 4.12. The van der Waals surface area contributed by atoms with Crippen LogP contribution in [0.5, 0.6) is 11.5 Å². The number of nitrogens with one attached hydrogen (secondary N) is 2. The van der Waals surface area contributed by atoms with Gasteiger partial charge in [-0.2, -0.15) is 5.26 Å². The predicted octanol–water partition coefficient (Wildman–Crippen LogP) is 3.23. The number of para-hydroxylation sites is 1. The van der Waals surface area contributed by atoms with Crippen molar-refractivity contribution in [3.8, 4) is 17.6 Å². The molecule has 0 saturated carbocycles. The summed E-state index contributed by atoms with van der Waals surface area (Å²) in [5, 5.41) is 15.0. The first-order valence-electron chi connectivity index (χ1n) is 8.72. The van der Waals surface area contributed by atoms with E-state index < -0.39 is 5.91 Å². The monoisotopic (exact) mass is 389 g/mol. The van der Waals surface area contributed by atoms with E-state index in [2.05, 4.69) is 20.6 Å². The van der Waals surface area contributed by atoms with E-state index in [9.17, 15) is 4.79 Å². The highest BCUT2D eigenvalue weighted by atomic mass is 16.5. The average Bonchev–Trinajstić information content (AvgIpc) is 2.78. The van der Waals surface area contributed by atoms with Crippen molar-refractivity contribution >= 4 is 17.4 Å². The van der Waals surface area contributed by atoms with Crippen LogP contribution in [0.4, 0.5) is 11.5 Å². The molecule has 0 radical (unpaired) electrons. The fourth-order valence-corrected chi connectivity index (χ4v) is 2.64. The highest BCUT2D eigenvalue weighted by molar-refractivity contribution is 6.03. The van der Waals surface area contributed by atoms with Crippen LogP contribution in [0.2, 0.25) is 0 Å². The van der Waals surface area contributed by atoms with Crippen LogP contribution in [0.3, 0.4) is 0 Å². The Morgan fingerprint density at radius 3 is 2.62 bits per heavy atom. The minimum atomic E-state index is -0.427. The van der Waals surface area contributed by atoms with Gasteiger partial charge in [-0.1, -0.05) is 18.2 Å². The number of rotatable bonds is 7. The number of hydrogen-bond donors (Lipinski definition) is 2. The molecule has 2 N–H and O–H groups in total. The summed E-state index contributed by atoms with van der Waals surface area (Å²) in [5.41, 5.74) is 1.94. The van der Waals surface area contributed by atoms with Crippen LogP contribution < -0.4 is 20.1 Å². The molecule has 2 aromatic carbocycles. The van der Waals surface area contributed by atoms with Crippen molar-refractivity contribution < 1.29 is 14.3 Å². The Morgan fingerprint density at radius 1 is 1.07 bits per heavy atom. The van der Waals surface area contributed by atoms with Crippen LogP contribution in [0, 0.1) is 11.3 Å². The summed E-state index contributed by atoms with van der Waals surface area (Å²) in [4.78, 5) is 20.7. The van der Waals surface area contributed by atoms with Gasteiger partial charge in [0.05, 0.1) is 25.5 Å². The van der Waals surface area contributed by atoms with Gasteiger partial charge in [0.15, 0.2) is 11.5 Å². The smallest absolute Gasteiger partial charge is 0.274 e. The molecule has 8 heteroatoms. The molecule has 1 heterocycles. The predicted molar refractivity (Wildman–Crippen MR) is 108 cm³/mol. The van der Waals surface area contributed by atoms with Gasteiger partial charge in [-0.05, 0) is 29.8 Å². The molecular formula is C21H19N5O3. The lowest BCUT2D eigenvalue weighted by Gasteiger charge is -2.11. The lowest BCUT2D eigenvalue weighted by atomic mass is 10.2. The molecule has 1 amide bonds. The number of hydrogen-bond acceptors (Lipinski definition) is 7. The number of methoxy groups -OCH3 is 2. The zero-order valence-electron chi connectivity index (χ0n) is 16.0. The van der Waals surface area contributed by atoms with Gasteiger partial charge in [0.1, 0.15) is 23.9 Å². The lowest BCUT2D eigenvalue weighted by Crippen LogP contribution is -2.15. The second-order valence-corrected chi connectivity index (χ2v) is 5.94. The summed E-state index contributed by atoms with van der Waals surface area (Å²) in [7, 11) is 3.16. The summed E-state index contributed by atoms with van der Waals surface area (Å²) >= 11 is 0. The van der Waals surface area contributed by atoms with Gasteiger partial charge in [0.25, 0.3) is 5.91 Å². The van der Waals surface area contributed by atoms with Crippen molar-refractivity contribution in [1.82, 2.24) is 9.97 Å². The van der Waals surface area contributed by atoms with Crippen LogP contribution in [0.1, 0.15) is 21.6 Å². The second-order valence-electron chi connectivity index (χ2n) is 5.94. The van der Waals surface area contributed by atoms with Gasteiger partial charge in [-0.3, -0.25) is 4.79 Å². The van der Waals surface area contributed by atoms with Crippen LogP contribution in [0.15, 0.2) is 54.9 Å². The van der Waals surface area contributed by atoms with Gasteiger partial charge in [0, 0.05) is 12.6 Å². The Labute approximate surface area is 168 Å². The SMILES string of the molecule is COc1ccc(CNc2cc(C(=O)Nc3ccccc3C#N)ncn2)cc1OC. The Bertz CT molecular complexity index is 1060. The Kier molecular flexibility index (Phi) is 6.22. The topological polar surface area (TPSA) is 109 Å². The highest BCUT2D eigenvalue weighted by Gasteiger charge is 2.12. The second kappa shape index (κ2) is 9.19. The zero-order valence-corrected chi connectivity index (χ0v) is 16.0. The molecule has 146 valence electrons. The maximum atomic E-state index is 12.5. The summed E-state index contributed by atoms with van der Waals surface area (Å²) in [6.07, 6.45) is 1.31.